The fourth-order valence-corrected chi connectivity index (χ4v) is 1.04. The third-order valence-corrected chi connectivity index (χ3v) is 1.96. The molecule has 0 aliphatic heterocycles. The molecule has 0 aliphatic carbocycles. The van der Waals surface area contributed by atoms with E-state index in [-0.39, 0.29) is 12.8 Å². The van der Waals surface area contributed by atoms with Crippen molar-refractivity contribution in [2.24, 2.45) is 5.73 Å². The summed E-state index contributed by atoms with van der Waals surface area (Å²) in [6.45, 7) is 0. The largest absolute Gasteiger partial charge is 0.370 e. The lowest BCUT2D eigenvalue weighted by molar-refractivity contribution is -0.129. The summed E-state index contributed by atoms with van der Waals surface area (Å²) in [5, 5.41) is 0. The number of benzene rings is 1. The zero-order valence-corrected chi connectivity index (χ0v) is 11.2. The molecule has 0 aliphatic rings. The lowest BCUT2D eigenvalue weighted by Crippen LogP contribution is -2.27. The number of nitrogens with one attached hydrogen (secondary N) is 1. The molecule has 3 N–H and O–H groups in total. The van der Waals surface area contributed by atoms with E-state index in [0.717, 1.165) is 6.26 Å². The zero-order chi connectivity index (χ0) is 14.7. The highest BCUT2D eigenvalue weighted by molar-refractivity contribution is 7.85. The monoisotopic (exact) mass is 288 g/mol. The molecule has 0 aromatic heterocycles. The highest BCUT2D eigenvalue weighted by Crippen LogP contribution is 1.88. The maximum Gasteiger partial charge on any atom is 0.285 e. The molecular formula is C11H16N2O5S. The summed E-state index contributed by atoms with van der Waals surface area (Å²) >= 11 is 0. The first kappa shape index (κ1) is 17.1. The second kappa shape index (κ2) is 9.06. The van der Waals surface area contributed by atoms with Crippen molar-refractivity contribution < 1.29 is 22.3 Å². The summed E-state index contributed by atoms with van der Waals surface area (Å²) in [5.41, 5.74) is 6.39. The molecule has 0 saturated heterocycles. The van der Waals surface area contributed by atoms with Gasteiger partial charge in [-0.25, -0.2) is 5.48 Å². The molecule has 0 radical (unpaired) electrons. The smallest absolute Gasteiger partial charge is 0.285 e. The Hall–Kier alpha value is -1.93. The topological polar surface area (TPSA) is 116 Å². The number of carbonyl (C=O) groups is 2. The van der Waals surface area contributed by atoms with E-state index >= 15 is 0 Å². The van der Waals surface area contributed by atoms with Gasteiger partial charge < -0.3 is 5.73 Å². The summed E-state index contributed by atoms with van der Waals surface area (Å²) in [4.78, 5) is 20.9. The van der Waals surface area contributed by atoms with Crippen LogP contribution in [0, 0.1) is 0 Å². The van der Waals surface area contributed by atoms with Crippen LogP contribution in [0.15, 0.2) is 36.4 Å². The molecule has 8 heteroatoms. The summed E-state index contributed by atoms with van der Waals surface area (Å²) in [7, 11) is -3.71. The van der Waals surface area contributed by atoms with Gasteiger partial charge >= 0.3 is 0 Å². The van der Waals surface area contributed by atoms with Crippen molar-refractivity contribution in [1.82, 2.24) is 5.48 Å². The van der Waals surface area contributed by atoms with Crippen LogP contribution in [-0.4, -0.2) is 26.5 Å². The molecule has 2 amide bonds. The standard InChI is InChI=1S/C6H6.C5H10N2O5S/c1-2-4-6-5-3-1;1-13(10,11)12-7-5(9)3-2-4(6)8/h1-6H;2-3H2,1H3,(H2,6,8)(H,7,9). The quantitative estimate of drug-likeness (QED) is 0.737. The minimum atomic E-state index is -3.71. The van der Waals surface area contributed by atoms with Crippen LogP contribution in [0.25, 0.3) is 0 Å². The lowest BCUT2D eigenvalue weighted by atomic mass is 10.3. The fourth-order valence-electron chi connectivity index (χ4n) is 0.795. The molecule has 0 atom stereocenters. The minimum absolute atomic E-state index is 0.154. The van der Waals surface area contributed by atoms with Crippen molar-refractivity contribution >= 4 is 21.9 Å². The highest BCUT2D eigenvalue weighted by atomic mass is 32.2. The minimum Gasteiger partial charge on any atom is -0.370 e. The maximum atomic E-state index is 10.7. The van der Waals surface area contributed by atoms with Gasteiger partial charge in [0.15, 0.2) is 0 Å². The molecule has 1 aromatic carbocycles. The molecule has 1 rings (SSSR count). The van der Waals surface area contributed by atoms with Gasteiger partial charge in [0.05, 0.1) is 6.26 Å². The fraction of sp³-hybridized carbons (Fsp3) is 0.273. The van der Waals surface area contributed by atoms with Crippen LogP contribution < -0.4 is 11.2 Å². The van der Waals surface area contributed by atoms with E-state index in [1.54, 1.807) is 5.48 Å². The number of primary amides is 1. The summed E-state index contributed by atoms with van der Waals surface area (Å²) in [6.07, 6.45) is 0.422. The van der Waals surface area contributed by atoms with Crippen molar-refractivity contribution in [3.63, 3.8) is 0 Å². The second-order valence-electron chi connectivity index (χ2n) is 3.43. The van der Waals surface area contributed by atoms with Gasteiger partial charge in [0.25, 0.3) is 10.1 Å². The van der Waals surface area contributed by atoms with Gasteiger partial charge in [-0.1, -0.05) is 36.4 Å². The first-order valence-electron chi connectivity index (χ1n) is 5.27. The Balaban J connectivity index is 0.000000443. The molecular weight excluding hydrogens is 272 g/mol. The molecule has 0 saturated carbocycles. The molecule has 0 bridgehead atoms. The third-order valence-electron chi connectivity index (χ3n) is 1.57. The Morgan fingerprint density at radius 1 is 1.05 bits per heavy atom. The van der Waals surface area contributed by atoms with Gasteiger partial charge in [0.2, 0.25) is 11.8 Å². The number of hydrogen-bond donors (Lipinski definition) is 2. The first-order valence-corrected chi connectivity index (χ1v) is 7.08. The van der Waals surface area contributed by atoms with E-state index in [1.807, 2.05) is 36.4 Å². The van der Waals surface area contributed by atoms with E-state index in [1.165, 1.54) is 0 Å². The van der Waals surface area contributed by atoms with Gasteiger partial charge in [-0.2, -0.15) is 8.42 Å². The number of rotatable bonds is 5. The van der Waals surface area contributed by atoms with Gasteiger partial charge in [0, 0.05) is 12.8 Å². The van der Waals surface area contributed by atoms with Crippen molar-refractivity contribution in [3.05, 3.63) is 36.4 Å². The maximum absolute atomic E-state index is 10.7. The predicted octanol–water partition coefficient (Wildman–Crippen LogP) is -0.0541. The summed E-state index contributed by atoms with van der Waals surface area (Å²) in [5.74, 6) is -1.36. The van der Waals surface area contributed by atoms with Crippen LogP contribution >= 0.6 is 0 Å². The Morgan fingerprint density at radius 3 is 1.79 bits per heavy atom. The molecule has 7 nitrogen and oxygen atoms in total. The number of hydrogen-bond acceptors (Lipinski definition) is 5. The van der Waals surface area contributed by atoms with Crippen LogP contribution in [-0.2, 0) is 24.0 Å². The van der Waals surface area contributed by atoms with Crippen molar-refractivity contribution in [3.8, 4) is 0 Å². The van der Waals surface area contributed by atoms with Crippen LogP contribution in [0.3, 0.4) is 0 Å². The molecule has 106 valence electrons. The molecule has 0 unspecified atom stereocenters. The highest BCUT2D eigenvalue weighted by Gasteiger charge is 2.07. The average molecular weight is 288 g/mol. The first-order chi connectivity index (χ1) is 8.81. The predicted molar refractivity (Wildman–Crippen MR) is 68.9 cm³/mol. The van der Waals surface area contributed by atoms with E-state index in [4.69, 9.17) is 5.73 Å². The van der Waals surface area contributed by atoms with Gasteiger partial charge in [-0.3, -0.25) is 9.59 Å². The van der Waals surface area contributed by atoms with Crippen molar-refractivity contribution in [2.75, 3.05) is 6.26 Å². The number of amides is 2. The van der Waals surface area contributed by atoms with E-state index in [2.05, 4.69) is 4.28 Å². The average Bonchev–Trinajstić information content (AvgIpc) is 2.36. The van der Waals surface area contributed by atoms with E-state index in [9.17, 15) is 18.0 Å². The van der Waals surface area contributed by atoms with Gasteiger partial charge in [0.1, 0.15) is 0 Å². The van der Waals surface area contributed by atoms with E-state index in [0.29, 0.717) is 0 Å². The SMILES string of the molecule is CS(=O)(=O)ONC(=O)CCC(N)=O.c1ccccc1. The lowest BCUT2D eigenvalue weighted by Gasteiger charge is -2.01. The summed E-state index contributed by atoms with van der Waals surface area (Å²) < 4.78 is 24.6. The van der Waals surface area contributed by atoms with Crippen molar-refractivity contribution in [1.29, 1.82) is 0 Å². The Labute approximate surface area is 111 Å². The summed E-state index contributed by atoms with van der Waals surface area (Å²) in [6, 6.07) is 12.0. The normalized spacial score (nSPS) is 9.95. The van der Waals surface area contributed by atoms with E-state index < -0.39 is 21.9 Å². The number of carbonyl (C=O) groups excluding carboxylic acids is 2. The zero-order valence-electron chi connectivity index (χ0n) is 10.4. The molecule has 1 aromatic rings. The van der Waals surface area contributed by atoms with Gasteiger partial charge in [-0.15, -0.1) is 4.28 Å². The van der Waals surface area contributed by atoms with Crippen LogP contribution in [0.5, 0.6) is 0 Å². The molecule has 0 heterocycles. The Bertz CT molecular complexity index is 460. The number of nitrogens with two attached hydrogens (primary N) is 1. The second-order valence-corrected chi connectivity index (χ2v) is 5.01. The molecule has 0 spiro atoms. The Kier molecular flexibility index (Phi) is 8.14. The Morgan fingerprint density at radius 2 is 1.47 bits per heavy atom. The van der Waals surface area contributed by atoms with Gasteiger partial charge in [-0.05, 0) is 0 Å². The molecule has 19 heavy (non-hydrogen) atoms. The van der Waals surface area contributed by atoms with Crippen LogP contribution in [0.4, 0.5) is 0 Å². The molecule has 0 fully saturated rings. The van der Waals surface area contributed by atoms with Crippen LogP contribution in [0.2, 0.25) is 0 Å². The van der Waals surface area contributed by atoms with Crippen LogP contribution in [0.1, 0.15) is 12.8 Å². The number of hydroxylamine groups is 1. The third kappa shape index (κ3) is 14.0. The van der Waals surface area contributed by atoms with Crippen molar-refractivity contribution in [2.45, 2.75) is 12.8 Å².